The van der Waals surface area contributed by atoms with Crippen LogP contribution in [-0.2, 0) is 13.0 Å². The SMILES string of the molecule is CN=C(NCCc1ncc(C)s1)NCc1cc(F)ccc1Br.I. The Bertz CT molecular complexity index is 663. The third-order valence-electron chi connectivity index (χ3n) is 2.98. The molecule has 2 N–H and O–H groups in total. The van der Waals surface area contributed by atoms with Gasteiger partial charge in [-0.2, -0.15) is 0 Å². The fourth-order valence-corrected chi connectivity index (χ4v) is 3.06. The van der Waals surface area contributed by atoms with Crippen LogP contribution in [0.25, 0.3) is 0 Å². The summed E-state index contributed by atoms with van der Waals surface area (Å²) in [5.74, 6) is 0.437. The Labute approximate surface area is 165 Å². The van der Waals surface area contributed by atoms with Gasteiger partial charge in [-0.1, -0.05) is 15.9 Å². The summed E-state index contributed by atoms with van der Waals surface area (Å²) in [6.07, 6.45) is 2.73. The maximum Gasteiger partial charge on any atom is 0.191 e. The quantitative estimate of drug-likeness (QED) is 0.363. The van der Waals surface area contributed by atoms with Crippen molar-refractivity contribution in [1.29, 1.82) is 0 Å². The normalized spacial score (nSPS) is 11.0. The molecule has 1 heterocycles. The highest BCUT2D eigenvalue weighted by Crippen LogP contribution is 2.17. The van der Waals surface area contributed by atoms with E-state index >= 15 is 0 Å². The van der Waals surface area contributed by atoms with Gasteiger partial charge in [-0.15, -0.1) is 35.3 Å². The van der Waals surface area contributed by atoms with Crippen molar-refractivity contribution in [2.75, 3.05) is 13.6 Å². The number of nitrogens with zero attached hydrogens (tertiary/aromatic N) is 2. The molecule has 2 rings (SSSR count). The number of aliphatic imine (C=N–C) groups is 1. The molecule has 2 aromatic rings. The number of halogens is 3. The Balaban J connectivity index is 0.00000264. The predicted octanol–water partition coefficient (Wildman–Crippen LogP) is 3.88. The van der Waals surface area contributed by atoms with Crippen LogP contribution >= 0.6 is 51.2 Å². The molecule has 0 amide bonds. The van der Waals surface area contributed by atoms with E-state index in [9.17, 15) is 4.39 Å². The van der Waals surface area contributed by atoms with E-state index in [1.165, 1.54) is 17.0 Å². The van der Waals surface area contributed by atoms with Gasteiger partial charge in [-0.25, -0.2) is 9.37 Å². The van der Waals surface area contributed by atoms with Gasteiger partial charge in [-0.05, 0) is 30.7 Å². The Morgan fingerprint density at radius 2 is 2.17 bits per heavy atom. The van der Waals surface area contributed by atoms with Gasteiger partial charge in [0.05, 0.1) is 5.01 Å². The van der Waals surface area contributed by atoms with Gasteiger partial charge in [-0.3, -0.25) is 4.99 Å². The van der Waals surface area contributed by atoms with Crippen LogP contribution in [0.1, 0.15) is 15.4 Å². The van der Waals surface area contributed by atoms with Crippen LogP contribution in [0.15, 0.2) is 33.9 Å². The monoisotopic (exact) mass is 512 g/mol. The summed E-state index contributed by atoms with van der Waals surface area (Å²) in [6.45, 7) is 3.29. The van der Waals surface area contributed by atoms with E-state index in [2.05, 4.69) is 36.5 Å². The molecule has 0 aliphatic heterocycles. The fraction of sp³-hybridized carbons (Fsp3) is 0.333. The molecular formula is C15H19BrFIN4S. The number of aromatic nitrogens is 1. The first kappa shape index (κ1) is 20.3. The second-order valence-corrected chi connectivity index (χ2v) is 6.88. The van der Waals surface area contributed by atoms with E-state index in [0.29, 0.717) is 12.5 Å². The van der Waals surface area contributed by atoms with Crippen LogP contribution in [-0.4, -0.2) is 24.5 Å². The first-order valence-corrected chi connectivity index (χ1v) is 8.49. The number of hydrogen-bond donors (Lipinski definition) is 2. The molecule has 0 aliphatic carbocycles. The van der Waals surface area contributed by atoms with Crippen molar-refractivity contribution in [2.24, 2.45) is 4.99 Å². The summed E-state index contributed by atoms with van der Waals surface area (Å²) < 4.78 is 14.1. The molecular weight excluding hydrogens is 494 g/mol. The lowest BCUT2D eigenvalue weighted by atomic mass is 10.2. The van der Waals surface area contributed by atoms with Crippen molar-refractivity contribution in [3.8, 4) is 0 Å². The summed E-state index contributed by atoms with van der Waals surface area (Å²) in [5, 5.41) is 7.50. The summed E-state index contributed by atoms with van der Waals surface area (Å²) in [4.78, 5) is 9.70. The molecule has 0 saturated carbocycles. The van der Waals surface area contributed by atoms with Gasteiger partial charge in [0.1, 0.15) is 5.82 Å². The van der Waals surface area contributed by atoms with Crippen LogP contribution < -0.4 is 10.6 Å². The highest BCUT2D eigenvalue weighted by atomic mass is 127. The number of nitrogens with one attached hydrogen (secondary N) is 2. The Kier molecular flexibility index (Phi) is 9.00. The second kappa shape index (κ2) is 10.2. The maximum atomic E-state index is 13.2. The Morgan fingerprint density at radius 3 is 2.83 bits per heavy atom. The fourth-order valence-electron chi connectivity index (χ4n) is 1.88. The minimum Gasteiger partial charge on any atom is -0.356 e. The van der Waals surface area contributed by atoms with E-state index in [4.69, 9.17) is 0 Å². The second-order valence-electron chi connectivity index (χ2n) is 4.70. The van der Waals surface area contributed by atoms with Crippen LogP contribution in [0.4, 0.5) is 4.39 Å². The molecule has 126 valence electrons. The minimum absolute atomic E-state index is 0. The molecule has 1 aromatic carbocycles. The maximum absolute atomic E-state index is 13.2. The molecule has 0 atom stereocenters. The van der Waals surface area contributed by atoms with Crippen molar-refractivity contribution < 1.29 is 4.39 Å². The van der Waals surface area contributed by atoms with Crippen LogP contribution in [0.2, 0.25) is 0 Å². The third-order valence-corrected chi connectivity index (χ3v) is 4.72. The lowest BCUT2D eigenvalue weighted by molar-refractivity contribution is 0.624. The highest BCUT2D eigenvalue weighted by Gasteiger charge is 2.04. The van der Waals surface area contributed by atoms with Gasteiger partial charge in [0.15, 0.2) is 5.96 Å². The number of rotatable bonds is 5. The van der Waals surface area contributed by atoms with Crippen molar-refractivity contribution >= 4 is 57.2 Å². The zero-order chi connectivity index (χ0) is 15.9. The van der Waals surface area contributed by atoms with Crippen molar-refractivity contribution in [3.05, 3.63) is 50.1 Å². The zero-order valence-electron chi connectivity index (χ0n) is 12.9. The Hall–Kier alpha value is -0.740. The van der Waals surface area contributed by atoms with Crippen LogP contribution in [0, 0.1) is 12.7 Å². The minimum atomic E-state index is -0.248. The highest BCUT2D eigenvalue weighted by molar-refractivity contribution is 14.0. The number of guanidine groups is 1. The molecule has 23 heavy (non-hydrogen) atoms. The zero-order valence-corrected chi connectivity index (χ0v) is 17.6. The van der Waals surface area contributed by atoms with E-state index in [1.807, 2.05) is 13.1 Å². The van der Waals surface area contributed by atoms with Crippen molar-refractivity contribution in [2.45, 2.75) is 19.9 Å². The molecule has 0 spiro atoms. The van der Waals surface area contributed by atoms with E-state index in [1.54, 1.807) is 24.5 Å². The summed E-state index contributed by atoms with van der Waals surface area (Å²) in [6, 6.07) is 4.63. The smallest absolute Gasteiger partial charge is 0.191 e. The van der Waals surface area contributed by atoms with Crippen molar-refractivity contribution in [3.63, 3.8) is 0 Å². The summed E-state index contributed by atoms with van der Waals surface area (Å²) >= 11 is 5.12. The first-order chi connectivity index (χ1) is 10.6. The van der Waals surface area contributed by atoms with Gasteiger partial charge >= 0.3 is 0 Å². The third kappa shape index (κ3) is 6.72. The van der Waals surface area contributed by atoms with Crippen molar-refractivity contribution in [1.82, 2.24) is 15.6 Å². The number of benzene rings is 1. The molecule has 0 bridgehead atoms. The topological polar surface area (TPSA) is 49.3 Å². The lowest BCUT2D eigenvalue weighted by Gasteiger charge is -2.12. The summed E-state index contributed by atoms with van der Waals surface area (Å²) in [7, 11) is 1.71. The standard InChI is InChI=1S/C15H18BrFN4S.HI/c1-10-8-20-14(22-10)5-6-19-15(18-2)21-9-11-7-12(17)3-4-13(11)16;/h3-4,7-8H,5-6,9H2,1-2H3,(H2,18,19,21);1H. The molecule has 0 saturated heterocycles. The number of hydrogen-bond acceptors (Lipinski definition) is 3. The molecule has 4 nitrogen and oxygen atoms in total. The van der Waals surface area contributed by atoms with Gasteiger partial charge < -0.3 is 10.6 Å². The number of thiazole rings is 1. The lowest BCUT2D eigenvalue weighted by Crippen LogP contribution is -2.37. The Morgan fingerprint density at radius 1 is 1.39 bits per heavy atom. The molecule has 0 fully saturated rings. The van der Waals surface area contributed by atoms with Gasteiger partial charge in [0.2, 0.25) is 0 Å². The number of aryl methyl sites for hydroxylation is 1. The van der Waals surface area contributed by atoms with E-state index in [-0.39, 0.29) is 29.8 Å². The molecule has 0 unspecified atom stereocenters. The van der Waals surface area contributed by atoms with Gasteiger partial charge in [0.25, 0.3) is 0 Å². The van der Waals surface area contributed by atoms with Gasteiger partial charge in [0, 0.05) is 42.1 Å². The van der Waals surface area contributed by atoms with Crippen LogP contribution in [0.5, 0.6) is 0 Å². The molecule has 1 aromatic heterocycles. The predicted molar refractivity (Wildman–Crippen MR) is 108 cm³/mol. The van der Waals surface area contributed by atoms with E-state index < -0.39 is 0 Å². The van der Waals surface area contributed by atoms with Crippen LogP contribution in [0.3, 0.4) is 0 Å². The average Bonchev–Trinajstić information content (AvgIpc) is 2.91. The average molecular weight is 513 g/mol. The molecule has 8 heteroatoms. The summed E-state index contributed by atoms with van der Waals surface area (Å²) in [5.41, 5.74) is 0.846. The molecule has 0 radical (unpaired) electrons. The first-order valence-electron chi connectivity index (χ1n) is 6.88. The largest absolute Gasteiger partial charge is 0.356 e. The van der Waals surface area contributed by atoms with E-state index in [0.717, 1.165) is 28.0 Å². The molecule has 0 aliphatic rings.